The summed E-state index contributed by atoms with van der Waals surface area (Å²) in [6, 6.07) is 0.270. The summed E-state index contributed by atoms with van der Waals surface area (Å²) >= 11 is 0. The van der Waals surface area contributed by atoms with Crippen molar-refractivity contribution in [1.82, 2.24) is 15.5 Å². The first-order valence-electron chi connectivity index (χ1n) is 9.26. The summed E-state index contributed by atoms with van der Waals surface area (Å²) in [4.78, 5) is 18.3. The number of carbonyl (C=O) groups excluding carboxylic acids is 1. The van der Waals surface area contributed by atoms with Crippen molar-refractivity contribution in [3.05, 3.63) is 0 Å². The van der Waals surface area contributed by atoms with Gasteiger partial charge < -0.3 is 20.3 Å². The molecule has 0 aromatic rings. The van der Waals surface area contributed by atoms with Crippen LogP contribution >= 0.6 is 0 Å². The van der Waals surface area contributed by atoms with Gasteiger partial charge in [-0.25, -0.2) is 0 Å². The Balaban J connectivity index is 2.37. The minimum atomic E-state index is 0.0627. The molecule has 1 rings (SSSR count). The van der Waals surface area contributed by atoms with Gasteiger partial charge in [-0.3, -0.25) is 9.79 Å². The van der Waals surface area contributed by atoms with Crippen LogP contribution in [0.4, 0.5) is 0 Å². The van der Waals surface area contributed by atoms with E-state index in [1.54, 1.807) is 7.05 Å². The molecule has 6 nitrogen and oxygen atoms in total. The van der Waals surface area contributed by atoms with E-state index in [-0.39, 0.29) is 24.0 Å². The van der Waals surface area contributed by atoms with Crippen LogP contribution in [0.25, 0.3) is 0 Å². The molecule has 1 heterocycles. The topological polar surface area (TPSA) is 66.0 Å². The average Bonchev–Trinajstić information content (AvgIpc) is 3.00. The van der Waals surface area contributed by atoms with Gasteiger partial charge in [-0.1, -0.05) is 27.7 Å². The summed E-state index contributed by atoms with van der Waals surface area (Å²) < 4.78 is 5.77. The summed E-state index contributed by atoms with van der Waals surface area (Å²) in [5.41, 5.74) is 0. The highest BCUT2D eigenvalue weighted by molar-refractivity contribution is 5.81. The molecule has 0 radical (unpaired) electrons. The van der Waals surface area contributed by atoms with E-state index in [1.807, 2.05) is 25.7 Å². The van der Waals surface area contributed by atoms with E-state index in [0.717, 1.165) is 45.0 Å². The van der Waals surface area contributed by atoms with Crippen molar-refractivity contribution in [2.24, 2.45) is 16.8 Å². The minimum absolute atomic E-state index is 0.0627. The molecule has 0 spiro atoms. The van der Waals surface area contributed by atoms with E-state index >= 15 is 0 Å². The van der Waals surface area contributed by atoms with Gasteiger partial charge in [0.15, 0.2) is 5.96 Å². The largest absolute Gasteiger partial charge is 0.378 e. The Morgan fingerprint density at radius 1 is 1.33 bits per heavy atom. The smallest absolute Gasteiger partial charge is 0.225 e. The Bertz CT molecular complexity index is 410. The number of guanidine groups is 1. The van der Waals surface area contributed by atoms with Crippen molar-refractivity contribution in [2.45, 2.75) is 59.6 Å². The molecular formula is C18H36N4O2. The van der Waals surface area contributed by atoms with Gasteiger partial charge in [-0.15, -0.1) is 0 Å². The Morgan fingerprint density at radius 2 is 2.04 bits per heavy atom. The third kappa shape index (κ3) is 6.67. The molecule has 6 heteroatoms. The third-order valence-corrected chi connectivity index (χ3v) is 4.40. The number of hydrogen-bond donors (Lipinski definition) is 2. The molecule has 0 bridgehead atoms. The molecule has 1 aliphatic heterocycles. The van der Waals surface area contributed by atoms with E-state index in [2.05, 4.69) is 29.5 Å². The lowest BCUT2D eigenvalue weighted by molar-refractivity contribution is -0.133. The van der Waals surface area contributed by atoms with Crippen LogP contribution in [-0.2, 0) is 9.53 Å². The van der Waals surface area contributed by atoms with Gasteiger partial charge in [0.25, 0.3) is 0 Å². The second-order valence-electron chi connectivity index (χ2n) is 7.09. The highest BCUT2D eigenvalue weighted by atomic mass is 16.5. The van der Waals surface area contributed by atoms with Gasteiger partial charge in [0.05, 0.1) is 6.10 Å². The maximum atomic E-state index is 12.1. The molecule has 1 fully saturated rings. The molecule has 140 valence electrons. The van der Waals surface area contributed by atoms with Crippen LogP contribution in [0.5, 0.6) is 0 Å². The Labute approximate surface area is 147 Å². The Morgan fingerprint density at radius 3 is 2.58 bits per heavy atom. The Kier molecular flexibility index (Phi) is 9.11. The monoisotopic (exact) mass is 340 g/mol. The molecule has 0 saturated carbocycles. The van der Waals surface area contributed by atoms with Crippen LogP contribution in [0.15, 0.2) is 4.99 Å². The van der Waals surface area contributed by atoms with Gasteiger partial charge in [-0.2, -0.15) is 0 Å². The van der Waals surface area contributed by atoms with Crippen molar-refractivity contribution in [1.29, 1.82) is 0 Å². The zero-order valence-electron chi connectivity index (χ0n) is 16.3. The molecule has 24 heavy (non-hydrogen) atoms. The number of amides is 1. The van der Waals surface area contributed by atoms with Crippen LogP contribution in [0.1, 0.15) is 47.5 Å². The van der Waals surface area contributed by atoms with Crippen LogP contribution in [-0.4, -0.2) is 62.2 Å². The van der Waals surface area contributed by atoms with Gasteiger partial charge in [0.2, 0.25) is 5.91 Å². The van der Waals surface area contributed by atoms with Crippen molar-refractivity contribution >= 4 is 11.9 Å². The first-order chi connectivity index (χ1) is 11.4. The summed E-state index contributed by atoms with van der Waals surface area (Å²) in [6.45, 7) is 13.5. The predicted molar refractivity (Wildman–Crippen MR) is 99.2 cm³/mol. The zero-order chi connectivity index (χ0) is 18.1. The van der Waals surface area contributed by atoms with Crippen LogP contribution < -0.4 is 10.6 Å². The number of carbonyl (C=O) groups is 1. The first-order valence-corrected chi connectivity index (χ1v) is 9.26. The molecule has 0 aliphatic carbocycles. The fourth-order valence-corrected chi connectivity index (χ4v) is 2.99. The lowest BCUT2D eigenvalue weighted by Crippen LogP contribution is -2.46. The number of nitrogens with zero attached hydrogens (tertiary/aromatic N) is 2. The van der Waals surface area contributed by atoms with E-state index in [1.165, 1.54) is 0 Å². The number of likely N-dealkylation sites (tertiary alicyclic amines) is 1. The van der Waals surface area contributed by atoms with Crippen molar-refractivity contribution in [3.63, 3.8) is 0 Å². The van der Waals surface area contributed by atoms with Crippen LogP contribution in [0.3, 0.4) is 0 Å². The summed E-state index contributed by atoms with van der Waals surface area (Å²) in [6.07, 6.45) is 2.19. The van der Waals surface area contributed by atoms with Gasteiger partial charge in [0, 0.05) is 45.2 Å². The summed E-state index contributed by atoms with van der Waals surface area (Å²) in [7, 11) is 1.78. The maximum absolute atomic E-state index is 12.1. The fourth-order valence-electron chi connectivity index (χ4n) is 2.99. The number of nitrogens with one attached hydrogen (secondary N) is 2. The Hall–Kier alpha value is -1.30. The SMILES string of the molecule is CCOC(CCNC(=NC)NC1CCN(C(=O)C(C)C)C1)C(C)C. The van der Waals surface area contributed by atoms with E-state index < -0.39 is 0 Å². The molecule has 0 aromatic carbocycles. The molecule has 1 amide bonds. The fraction of sp³-hybridized carbons (Fsp3) is 0.889. The van der Waals surface area contributed by atoms with E-state index in [4.69, 9.17) is 4.74 Å². The first kappa shape index (κ1) is 20.7. The molecule has 1 saturated heterocycles. The van der Waals surface area contributed by atoms with Gasteiger partial charge >= 0.3 is 0 Å². The highest BCUT2D eigenvalue weighted by Crippen LogP contribution is 2.13. The predicted octanol–water partition coefficient (Wildman–Crippen LogP) is 1.86. The molecule has 0 aromatic heterocycles. The van der Waals surface area contributed by atoms with E-state index in [0.29, 0.717) is 5.92 Å². The van der Waals surface area contributed by atoms with E-state index in [9.17, 15) is 4.79 Å². The normalized spacial score (nSPS) is 19.9. The van der Waals surface area contributed by atoms with Crippen LogP contribution in [0, 0.1) is 11.8 Å². The number of hydrogen-bond acceptors (Lipinski definition) is 3. The molecular weight excluding hydrogens is 304 g/mol. The number of ether oxygens (including phenoxy) is 1. The summed E-state index contributed by atoms with van der Waals surface area (Å²) in [5, 5.41) is 6.79. The third-order valence-electron chi connectivity index (χ3n) is 4.40. The van der Waals surface area contributed by atoms with Crippen molar-refractivity contribution in [3.8, 4) is 0 Å². The molecule has 2 atom stereocenters. The standard InChI is InChI=1S/C18H36N4O2/c1-7-24-16(13(2)3)8-10-20-18(19-6)21-15-9-11-22(12-15)17(23)14(4)5/h13-16H,7-12H2,1-6H3,(H2,19,20,21). The van der Waals surface area contributed by atoms with Gasteiger partial charge in [-0.05, 0) is 25.7 Å². The quantitative estimate of drug-likeness (QED) is 0.523. The molecule has 2 unspecified atom stereocenters. The van der Waals surface area contributed by atoms with Crippen molar-refractivity contribution in [2.75, 3.05) is 33.3 Å². The lowest BCUT2D eigenvalue weighted by Gasteiger charge is -2.23. The summed E-state index contributed by atoms with van der Waals surface area (Å²) in [5.74, 6) is 1.61. The second-order valence-corrected chi connectivity index (χ2v) is 7.09. The average molecular weight is 341 g/mol. The number of aliphatic imine (C=N–C) groups is 1. The lowest BCUT2D eigenvalue weighted by atomic mass is 10.0. The van der Waals surface area contributed by atoms with Crippen LogP contribution in [0.2, 0.25) is 0 Å². The molecule has 2 N–H and O–H groups in total. The zero-order valence-corrected chi connectivity index (χ0v) is 16.3. The van der Waals surface area contributed by atoms with Gasteiger partial charge in [0.1, 0.15) is 0 Å². The maximum Gasteiger partial charge on any atom is 0.225 e. The second kappa shape index (κ2) is 10.5. The van der Waals surface area contributed by atoms with Crippen molar-refractivity contribution < 1.29 is 9.53 Å². The molecule has 1 aliphatic rings. The number of rotatable bonds is 8. The highest BCUT2D eigenvalue weighted by Gasteiger charge is 2.27. The minimum Gasteiger partial charge on any atom is -0.378 e.